The van der Waals surface area contributed by atoms with E-state index in [2.05, 4.69) is 0 Å². The highest BCUT2D eigenvalue weighted by Gasteiger charge is 2.30. The zero-order valence-corrected chi connectivity index (χ0v) is 25.2. The standard InChI is InChI=1S/C30H47NO9/c1-9-18(3)13-25(32)39-23-12-11-21(16-24(23)40-26(33)14-19(4)10-2)22(27(31)28(34)35)15-20(5)38-29(36)37-17-30(6,7)8/h11-12,16,18-20,22,27H,9-10,13-15,17,31H2,1-8H3,(H,34,35)/t18?,19?,20?,22?,27-/m0/s1. The van der Waals surface area contributed by atoms with Crippen LogP contribution in [0, 0.1) is 17.3 Å². The lowest BCUT2D eigenvalue weighted by atomic mass is 9.87. The van der Waals surface area contributed by atoms with Gasteiger partial charge in [0.15, 0.2) is 11.5 Å². The SMILES string of the molecule is CCC(C)CC(=O)Oc1ccc(C(CC(C)OC(=O)OCC(C)(C)C)[C@H](N)C(=O)O)cc1OC(=O)CC(C)CC. The van der Waals surface area contributed by atoms with Crippen LogP contribution in [0.4, 0.5) is 4.79 Å². The second kappa shape index (κ2) is 16.2. The summed E-state index contributed by atoms with van der Waals surface area (Å²) >= 11 is 0. The van der Waals surface area contributed by atoms with Crippen LogP contribution in [0.2, 0.25) is 0 Å². The van der Waals surface area contributed by atoms with Crippen molar-refractivity contribution < 1.29 is 43.2 Å². The molecule has 0 spiro atoms. The molecule has 0 bridgehead atoms. The number of hydrogen-bond acceptors (Lipinski definition) is 9. The molecule has 0 saturated heterocycles. The van der Waals surface area contributed by atoms with E-state index < -0.39 is 42.1 Å². The maximum Gasteiger partial charge on any atom is 0.508 e. The fraction of sp³-hybridized carbons (Fsp3) is 0.667. The van der Waals surface area contributed by atoms with Gasteiger partial charge in [0.05, 0.1) is 6.61 Å². The van der Waals surface area contributed by atoms with E-state index in [1.165, 1.54) is 12.1 Å². The molecule has 0 aliphatic rings. The van der Waals surface area contributed by atoms with Crippen LogP contribution in [0.25, 0.3) is 0 Å². The molecule has 1 aromatic carbocycles. The Morgan fingerprint density at radius 1 is 0.900 bits per heavy atom. The fourth-order valence-corrected chi connectivity index (χ4v) is 3.65. The van der Waals surface area contributed by atoms with E-state index in [-0.39, 0.29) is 54.6 Å². The van der Waals surface area contributed by atoms with Gasteiger partial charge in [-0.1, -0.05) is 67.4 Å². The summed E-state index contributed by atoms with van der Waals surface area (Å²) in [5, 5.41) is 9.69. The third kappa shape index (κ3) is 12.8. The van der Waals surface area contributed by atoms with Gasteiger partial charge in [0.1, 0.15) is 12.1 Å². The van der Waals surface area contributed by atoms with Crippen LogP contribution in [0.15, 0.2) is 18.2 Å². The molecule has 3 N–H and O–H groups in total. The number of benzene rings is 1. The number of carboxylic acids is 1. The molecular formula is C30H47NO9. The summed E-state index contributed by atoms with van der Waals surface area (Å²) in [6.45, 7) is 15.3. The van der Waals surface area contributed by atoms with E-state index in [4.69, 9.17) is 24.7 Å². The summed E-state index contributed by atoms with van der Waals surface area (Å²) in [6, 6.07) is 3.12. The third-order valence-electron chi connectivity index (χ3n) is 6.49. The van der Waals surface area contributed by atoms with E-state index in [0.29, 0.717) is 5.56 Å². The second-order valence-corrected chi connectivity index (χ2v) is 11.8. The number of carbonyl (C=O) groups is 4. The predicted octanol–water partition coefficient (Wildman–Crippen LogP) is 5.84. The number of nitrogens with two attached hydrogens (primary N) is 1. The van der Waals surface area contributed by atoms with Crippen molar-refractivity contribution in [2.75, 3.05) is 6.61 Å². The van der Waals surface area contributed by atoms with Crippen molar-refractivity contribution >= 4 is 24.1 Å². The van der Waals surface area contributed by atoms with Crippen LogP contribution < -0.4 is 15.2 Å². The highest BCUT2D eigenvalue weighted by atomic mass is 16.7. The van der Waals surface area contributed by atoms with Crippen molar-refractivity contribution in [3.05, 3.63) is 23.8 Å². The van der Waals surface area contributed by atoms with Crippen LogP contribution in [0.3, 0.4) is 0 Å². The third-order valence-corrected chi connectivity index (χ3v) is 6.49. The lowest BCUT2D eigenvalue weighted by molar-refractivity contribution is -0.139. The molecule has 0 heterocycles. The minimum absolute atomic E-state index is 0.0101. The van der Waals surface area contributed by atoms with Crippen molar-refractivity contribution in [3.63, 3.8) is 0 Å². The first kappa shape index (κ1) is 34.9. The average Bonchev–Trinajstić information content (AvgIpc) is 2.85. The summed E-state index contributed by atoms with van der Waals surface area (Å²) in [5.41, 5.74) is 6.21. The maximum atomic E-state index is 12.6. The summed E-state index contributed by atoms with van der Waals surface area (Å²) < 4.78 is 21.6. The lowest BCUT2D eigenvalue weighted by Gasteiger charge is -2.26. The number of carboxylic acid groups (broad SMARTS) is 1. The minimum atomic E-state index is -1.36. The molecule has 0 amide bonds. The molecule has 226 valence electrons. The molecule has 0 aliphatic carbocycles. The van der Waals surface area contributed by atoms with Crippen LogP contribution in [0.1, 0.15) is 99.0 Å². The topological polar surface area (TPSA) is 151 Å². The molecule has 0 saturated carbocycles. The van der Waals surface area contributed by atoms with Gasteiger partial charge in [-0.3, -0.25) is 14.4 Å². The van der Waals surface area contributed by atoms with Gasteiger partial charge < -0.3 is 29.8 Å². The summed E-state index contributed by atoms with van der Waals surface area (Å²) in [4.78, 5) is 49.2. The van der Waals surface area contributed by atoms with E-state index in [1.807, 2.05) is 48.5 Å². The normalized spacial score (nSPS) is 15.2. The lowest BCUT2D eigenvalue weighted by Crippen LogP contribution is -2.38. The quantitative estimate of drug-likeness (QED) is 0.196. The second-order valence-electron chi connectivity index (χ2n) is 11.8. The molecule has 10 heteroatoms. The van der Waals surface area contributed by atoms with E-state index in [1.54, 1.807) is 13.0 Å². The number of hydrogen-bond donors (Lipinski definition) is 2. The first-order valence-corrected chi connectivity index (χ1v) is 13.9. The smallest absolute Gasteiger partial charge is 0.480 e. The zero-order chi connectivity index (χ0) is 30.6. The zero-order valence-electron chi connectivity index (χ0n) is 25.2. The fourth-order valence-electron chi connectivity index (χ4n) is 3.65. The summed E-state index contributed by atoms with van der Waals surface area (Å²) in [6.07, 6.45) is 0.346. The molecule has 0 fully saturated rings. The van der Waals surface area contributed by atoms with Gasteiger partial charge in [0.25, 0.3) is 0 Å². The van der Waals surface area contributed by atoms with Crippen molar-refractivity contribution in [1.82, 2.24) is 0 Å². The van der Waals surface area contributed by atoms with Gasteiger partial charge in [-0.2, -0.15) is 0 Å². The monoisotopic (exact) mass is 565 g/mol. The predicted molar refractivity (Wildman–Crippen MR) is 150 cm³/mol. The number of ether oxygens (including phenoxy) is 4. The molecule has 0 aromatic heterocycles. The summed E-state index contributed by atoms with van der Waals surface area (Å²) in [7, 11) is 0. The van der Waals surface area contributed by atoms with Crippen molar-refractivity contribution in [2.24, 2.45) is 23.0 Å². The van der Waals surface area contributed by atoms with Crippen LogP contribution >= 0.6 is 0 Å². The van der Waals surface area contributed by atoms with Gasteiger partial charge >= 0.3 is 24.1 Å². The molecule has 0 radical (unpaired) electrons. The Morgan fingerprint density at radius 3 is 1.90 bits per heavy atom. The largest absolute Gasteiger partial charge is 0.508 e. The van der Waals surface area contributed by atoms with Crippen LogP contribution in [-0.2, 0) is 23.9 Å². The van der Waals surface area contributed by atoms with E-state index >= 15 is 0 Å². The first-order valence-electron chi connectivity index (χ1n) is 13.9. The maximum absolute atomic E-state index is 12.6. The first-order chi connectivity index (χ1) is 18.6. The molecule has 40 heavy (non-hydrogen) atoms. The molecule has 1 rings (SSSR count). The van der Waals surface area contributed by atoms with Gasteiger partial charge in [0, 0.05) is 18.8 Å². The Hall–Kier alpha value is -3.14. The Labute approximate surface area is 237 Å². The van der Waals surface area contributed by atoms with Crippen molar-refractivity contribution in [1.29, 1.82) is 0 Å². The van der Waals surface area contributed by atoms with E-state index in [0.717, 1.165) is 12.8 Å². The highest BCUT2D eigenvalue weighted by molar-refractivity contribution is 5.77. The van der Waals surface area contributed by atoms with Crippen LogP contribution in [0.5, 0.6) is 11.5 Å². The Kier molecular flexibility index (Phi) is 14.1. The highest BCUT2D eigenvalue weighted by Crippen LogP contribution is 2.35. The molecule has 10 nitrogen and oxygen atoms in total. The Balaban J connectivity index is 3.29. The number of aliphatic carboxylic acids is 1. The van der Waals surface area contributed by atoms with Crippen molar-refractivity contribution in [2.45, 2.75) is 106 Å². The number of esters is 2. The summed E-state index contributed by atoms with van der Waals surface area (Å²) in [5.74, 6) is -2.85. The molecule has 5 atom stereocenters. The van der Waals surface area contributed by atoms with Crippen molar-refractivity contribution in [3.8, 4) is 11.5 Å². The molecule has 4 unspecified atom stereocenters. The average molecular weight is 566 g/mol. The molecule has 1 aromatic rings. The Morgan fingerprint density at radius 2 is 1.43 bits per heavy atom. The van der Waals surface area contributed by atoms with Gasteiger partial charge in [-0.25, -0.2) is 4.79 Å². The van der Waals surface area contributed by atoms with Crippen LogP contribution in [-0.4, -0.2) is 47.9 Å². The number of carbonyl (C=O) groups excluding carboxylic acids is 3. The number of rotatable bonds is 15. The van der Waals surface area contributed by atoms with Gasteiger partial charge in [0.2, 0.25) is 0 Å². The Bertz CT molecular complexity index is 1000. The van der Waals surface area contributed by atoms with E-state index in [9.17, 15) is 24.3 Å². The van der Waals surface area contributed by atoms with Gasteiger partial charge in [-0.15, -0.1) is 0 Å². The molecule has 0 aliphatic heterocycles. The molecular weight excluding hydrogens is 518 g/mol. The minimum Gasteiger partial charge on any atom is -0.480 e. The van der Waals surface area contributed by atoms with Gasteiger partial charge in [-0.05, 0) is 48.3 Å².